The molecule has 5 nitrogen and oxygen atoms in total. The first kappa shape index (κ1) is 21.7. The normalized spacial score (nSPS) is 19.7. The van der Waals surface area contributed by atoms with Gasteiger partial charge in [-0.3, -0.25) is 19.5 Å². The fourth-order valence-electron chi connectivity index (χ4n) is 5.07. The highest BCUT2D eigenvalue weighted by molar-refractivity contribution is 5.79. The van der Waals surface area contributed by atoms with Gasteiger partial charge < -0.3 is 5.11 Å². The number of nitrogens with zero attached hydrogens (tertiary/aromatic N) is 2. The first-order chi connectivity index (χ1) is 15.1. The second-order valence-electron chi connectivity index (χ2n) is 9.01. The number of carbonyl (C=O) groups is 2. The van der Waals surface area contributed by atoms with Gasteiger partial charge in [-0.1, -0.05) is 36.4 Å². The molecule has 5 heteroatoms. The zero-order chi connectivity index (χ0) is 21.6. The fraction of sp³-hybridized carbons (Fsp3) is 0.500. The minimum absolute atomic E-state index is 0.250. The van der Waals surface area contributed by atoms with Crippen LogP contribution in [0.2, 0.25) is 0 Å². The Bertz CT molecular complexity index is 912. The maximum Gasteiger partial charge on any atom is 0.325 e. The molecule has 2 aromatic rings. The van der Waals surface area contributed by atoms with Gasteiger partial charge in [0.2, 0.25) is 0 Å². The van der Waals surface area contributed by atoms with Crippen LogP contribution in [0.15, 0.2) is 42.5 Å². The van der Waals surface area contributed by atoms with Crippen molar-refractivity contribution < 1.29 is 14.7 Å². The molecule has 31 heavy (non-hydrogen) atoms. The predicted octanol–water partition coefficient (Wildman–Crippen LogP) is 4.39. The van der Waals surface area contributed by atoms with Gasteiger partial charge in [-0.15, -0.1) is 0 Å². The molecule has 0 bridgehead atoms. The molecule has 1 aromatic heterocycles. The van der Waals surface area contributed by atoms with Crippen molar-refractivity contribution in [3.8, 4) is 0 Å². The number of aliphatic carboxylic acids is 1. The highest BCUT2D eigenvalue weighted by Gasteiger charge is 2.34. The molecule has 0 radical (unpaired) electrons. The molecule has 1 fully saturated rings. The molecule has 2 atom stereocenters. The van der Waals surface area contributed by atoms with Crippen molar-refractivity contribution in [3.63, 3.8) is 0 Å². The lowest BCUT2D eigenvalue weighted by molar-refractivity contribution is -0.143. The standard InChI is InChI=1S/C26H32N2O3/c29-23(11-6-10-22-14-13-20-7-4-5-12-24(20)27-22)17-19-15-16-28(18-19)25(26(30)31)21-8-2-1-3-9-21/h1-3,8-9,13-14,19,25H,4-7,10-12,15-18H2,(H,30,31)/t19-,25?/m0/s1. The zero-order valence-corrected chi connectivity index (χ0v) is 18.1. The van der Waals surface area contributed by atoms with Crippen LogP contribution in [-0.2, 0) is 28.9 Å². The number of pyridine rings is 1. The Kier molecular flexibility index (Phi) is 7.13. The maximum absolute atomic E-state index is 12.5. The first-order valence-corrected chi connectivity index (χ1v) is 11.6. The average molecular weight is 421 g/mol. The van der Waals surface area contributed by atoms with Gasteiger partial charge in [-0.05, 0) is 74.6 Å². The quantitative estimate of drug-likeness (QED) is 0.651. The molecule has 1 aliphatic carbocycles. The van der Waals surface area contributed by atoms with E-state index < -0.39 is 12.0 Å². The van der Waals surface area contributed by atoms with Crippen LogP contribution in [0, 0.1) is 5.92 Å². The number of carbonyl (C=O) groups excluding carboxylic acids is 1. The van der Waals surface area contributed by atoms with E-state index in [1.165, 1.54) is 24.1 Å². The van der Waals surface area contributed by atoms with Crippen LogP contribution in [0.4, 0.5) is 0 Å². The van der Waals surface area contributed by atoms with Gasteiger partial charge >= 0.3 is 5.97 Å². The smallest absolute Gasteiger partial charge is 0.325 e. The van der Waals surface area contributed by atoms with E-state index in [2.05, 4.69) is 12.1 Å². The first-order valence-electron chi connectivity index (χ1n) is 11.6. The Balaban J connectivity index is 1.24. The van der Waals surface area contributed by atoms with Gasteiger partial charge in [0.25, 0.3) is 0 Å². The van der Waals surface area contributed by atoms with Crippen LogP contribution in [0.5, 0.6) is 0 Å². The van der Waals surface area contributed by atoms with Crippen LogP contribution < -0.4 is 0 Å². The summed E-state index contributed by atoms with van der Waals surface area (Å²) in [6, 6.07) is 13.1. The highest BCUT2D eigenvalue weighted by atomic mass is 16.4. The monoisotopic (exact) mass is 420 g/mol. The van der Waals surface area contributed by atoms with Gasteiger partial charge in [0.05, 0.1) is 0 Å². The van der Waals surface area contributed by atoms with Crippen molar-refractivity contribution in [2.24, 2.45) is 5.92 Å². The summed E-state index contributed by atoms with van der Waals surface area (Å²) in [5.74, 6) is -0.285. The van der Waals surface area contributed by atoms with Gasteiger partial charge in [-0.2, -0.15) is 0 Å². The third-order valence-corrected chi connectivity index (χ3v) is 6.67. The summed E-state index contributed by atoms with van der Waals surface area (Å²) < 4.78 is 0. The number of aryl methyl sites for hydroxylation is 3. The van der Waals surface area contributed by atoms with E-state index in [9.17, 15) is 14.7 Å². The van der Waals surface area contributed by atoms with E-state index in [-0.39, 0.29) is 11.7 Å². The number of carboxylic acids is 1. The van der Waals surface area contributed by atoms with E-state index in [1.54, 1.807) is 0 Å². The number of ketones is 1. The number of aromatic nitrogens is 1. The molecule has 164 valence electrons. The largest absolute Gasteiger partial charge is 0.480 e. The number of Topliss-reactive ketones (excluding diaryl/α,β-unsaturated/α-hetero) is 1. The Morgan fingerprint density at radius 2 is 1.90 bits per heavy atom. The number of likely N-dealkylation sites (tertiary alicyclic amines) is 1. The minimum atomic E-state index is -0.823. The number of hydrogen-bond donors (Lipinski definition) is 1. The molecule has 2 heterocycles. The number of hydrogen-bond acceptors (Lipinski definition) is 4. The minimum Gasteiger partial charge on any atom is -0.480 e. The van der Waals surface area contributed by atoms with Crippen LogP contribution in [-0.4, -0.2) is 39.8 Å². The van der Waals surface area contributed by atoms with Gasteiger partial charge in [-0.25, -0.2) is 0 Å². The number of carboxylic acid groups (broad SMARTS) is 1. The van der Waals surface area contributed by atoms with Crippen LogP contribution in [0.25, 0.3) is 0 Å². The van der Waals surface area contributed by atoms with E-state index in [4.69, 9.17) is 4.98 Å². The van der Waals surface area contributed by atoms with Gasteiger partial charge in [0.1, 0.15) is 11.8 Å². The van der Waals surface area contributed by atoms with E-state index in [0.717, 1.165) is 49.9 Å². The summed E-state index contributed by atoms with van der Waals surface area (Å²) in [7, 11) is 0. The summed E-state index contributed by atoms with van der Waals surface area (Å²) in [6.07, 6.45) is 8.42. The molecule has 1 aromatic carbocycles. The Labute approximate surface area is 184 Å². The topological polar surface area (TPSA) is 70.5 Å². The highest BCUT2D eigenvalue weighted by Crippen LogP contribution is 2.30. The summed E-state index contributed by atoms with van der Waals surface area (Å²) in [4.78, 5) is 31.2. The fourth-order valence-corrected chi connectivity index (χ4v) is 5.07. The second-order valence-corrected chi connectivity index (χ2v) is 9.01. The van der Waals surface area contributed by atoms with Gasteiger partial charge in [0.15, 0.2) is 0 Å². The summed E-state index contributed by atoms with van der Waals surface area (Å²) in [5, 5.41) is 9.74. The summed E-state index contributed by atoms with van der Waals surface area (Å²) in [6.45, 7) is 1.40. The molecule has 0 amide bonds. The summed E-state index contributed by atoms with van der Waals surface area (Å²) in [5.41, 5.74) is 4.56. The number of benzene rings is 1. The van der Waals surface area contributed by atoms with Gasteiger partial charge in [0, 0.05) is 30.8 Å². The van der Waals surface area contributed by atoms with Crippen molar-refractivity contribution in [2.75, 3.05) is 13.1 Å². The van der Waals surface area contributed by atoms with Crippen LogP contribution in [0.1, 0.15) is 67.1 Å². The van der Waals surface area contributed by atoms with Crippen molar-refractivity contribution >= 4 is 11.8 Å². The maximum atomic E-state index is 12.5. The Hall–Kier alpha value is -2.53. The third-order valence-electron chi connectivity index (χ3n) is 6.67. The third kappa shape index (κ3) is 5.59. The Morgan fingerprint density at radius 3 is 2.71 bits per heavy atom. The van der Waals surface area contributed by atoms with E-state index in [1.807, 2.05) is 35.2 Å². The molecule has 4 rings (SSSR count). The molecule has 0 spiro atoms. The lowest BCUT2D eigenvalue weighted by atomic mass is 9.95. The molecular weight excluding hydrogens is 388 g/mol. The average Bonchev–Trinajstić information content (AvgIpc) is 3.22. The van der Waals surface area contributed by atoms with Crippen molar-refractivity contribution in [1.82, 2.24) is 9.88 Å². The molecule has 1 aliphatic heterocycles. The summed E-state index contributed by atoms with van der Waals surface area (Å²) >= 11 is 0. The molecule has 2 aliphatic rings. The van der Waals surface area contributed by atoms with Crippen LogP contribution >= 0.6 is 0 Å². The number of fused-ring (bicyclic) bond motifs is 1. The molecule has 1 unspecified atom stereocenters. The van der Waals surface area contributed by atoms with Crippen molar-refractivity contribution in [1.29, 1.82) is 0 Å². The molecule has 1 N–H and O–H groups in total. The van der Waals surface area contributed by atoms with Crippen LogP contribution in [0.3, 0.4) is 0 Å². The Morgan fingerprint density at radius 1 is 1.10 bits per heavy atom. The van der Waals surface area contributed by atoms with E-state index >= 15 is 0 Å². The second kappa shape index (κ2) is 10.2. The number of rotatable bonds is 9. The lowest BCUT2D eigenvalue weighted by Gasteiger charge is -2.24. The zero-order valence-electron chi connectivity index (χ0n) is 18.1. The lowest BCUT2D eigenvalue weighted by Crippen LogP contribution is -2.32. The SMILES string of the molecule is O=C(CCCc1ccc2c(n1)CCCC2)C[C@@H]1CCN(C(C(=O)O)c2ccccc2)C1. The molecule has 0 saturated carbocycles. The molecular formula is C26H32N2O3. The van der Waals surface area contributed by atoms with E-state index in [0.29, 0.717) is 19.4 Å². The van der Waals surface area contributed by atoms with Crippen molar-refractivity contribution in [2.45, 2.75) is 63.8 Å². The molecule has 1 saturated heterocycles. The van der Waals surface area contributed by atoms with Crippen molar-refractivity contribution in [3.05, 3.63) is 65.0 Å². The predicted molar refractivity (Wildman–Crippen MR) is 120 cm³/mol.